The molecule has 0 aromatic heterocycles. The summed E-state index contributed by atoms with van der Waals surface area (Å²) in [5.41, 5.74) is 4.86. The fourth-order valence-electron chi connectivity index (χ4n) is 3.08. The van der Waals surface area contributed by atoms with E-state index in [0.717, 1.165) is 18.7 Å². The van der Waals surface area contributed by atoms with Gasteiger partial charge in [-0.15, -0.1) is 0 Å². The maximum atomic E-state index is 3.36. The molecule has 28 heavy (non-hydrogen) atoms. The van der Waals surface area contributed by atoms with E-state index < -0.39 is 0 Å². The van der Waals surface area contributed by atoms with E-state index in [2.05, 4.69) is 109 Å². The monoisotopic (exact) mass is 365 g/mol. The average Bonchev–Trinajstić information content (AvgIpc) is 2.75. The Bertz CT molecular complexity index is 888. The lowest BCUT2D eigenvalue weighted by atomic mass is 9.98. The van der Waals surface area contributed by atoms with Crippen molar-refractivity contribution in [1.29, 1.82) is 0 Å². The van der Waals surface area contributed by atoms with Crippen LogP contribution in [0.3, 0.4) is 0 Å². The number of nitrogens with zero attached hydrogens (tertiary/aromatic N) is 1. The normalized spacial score (nSPS) is 10.4. The molecule has 3 aromatic rings. The van der Waals surface area contributed by atoms with Crippen molar-refractivity contribution in [3.63, 3.8) is 0 Å². The van der Waals surface area contributed by atoms with Crippen LogP contribution in [0.5, 0.6) is 0 Å². The first kappa shape index (κ1) is 19.7. The summed E-state index contributed by atoms with van der Waals surface area (Å²) in [6.45, 7) is 6.11. The predicted octanol–water partition coefficient (Wildman–Crippen LogP) is 6.03. The predicted molar refractivity (Wildman–Crippen MR) is 120 cm³/mol. The summed E-state index contributed by atoms with van der Waals surface area (Å²) in [7, 11) is 0. The van der Waals surface area contributed by atoms with Crippen LogP contribution in [0.25, 0.3) is 5.57 Å². The Hall–Kier alpha value is -3.08. The molecule has 0 saturated carbocycles. The van der Waals surface area contributed by atoms with E-state index >= 15 is 0 Å². The molecule has 0 aliphatic carbocycles. The number of rotatable bonds is 6. The highest BCUT2D eigenvalue weighted by molar-refractivity contribution is 5.81. The Morgan fingerprint density at radius 3 is 1.79 bits per heavy atom. The standard InChI is InChI=1S/C27H27N/c1-23(2)28(22-24-14-6-3-7-15-24)21-13-12-20-27(25-16-8-4-9-17-25)26-18-10-5-11-19-26/h3-11,14-20,23H,21-22H2,1-2H3. The first-order valence-corrected chi connectivity index (χ1v) is 9.81. The van der Waals surface area contributed by atoms with Gasteiger partial charge in [-0.1, -0.05) is 103 Å². The van der Waals surface area contributed by atoms with E-state index in [1.807, 2.05) is 18.2 Å². The van der Waals surface area contributed by atoms with Crippen LogP contribution >= 0.6 is 0 Å². The van der Waals surface area contributed by atoms with Gasteiger partial charge in [-0.2, -0.15) is 0 Å². The van der Waals surface area contributed by atoms with E-state index in [1.165, 1.54) is 16.7 Å². The maximum Gasteiger partial charge on any atom is 0.0610 e. The van der Waals surface area contributed by atoms with Gasteiger partial charge < -0.3 is 0 Å². The van der Waals surface area contributed by atoms with Crippen LogP contribution in [-0.2, 0) is 6.54 Å². The fraction of sp³-hybridized carbons (Fsp3) is 0.185. The molecule has 1 heteroatoms. The van der Waals surface area contributed by atoms with Crippen molar-refractivity contribution < 1.29 is 0 Å². The highest BCUT2D eigenvalue weighted by atomic mass is 15.1. The average molecular weight is 366 g/mol. The topological polar surface area (TPSA) is 3.24 Å². The molecule has 0 unspecified atom stereocenters. The van der Waals surface area contributed by atoms with Gasteiger partial charge in [0, 0.05) is 12.6 Å². The minimum absolute atomic E-state index is 0.446. The summed E-state index contributed by atoms with van der Waals surface area (Å²) in [5.74, 6) is 6.66. The van der Waals surface area contributed by atoms with Gasteiger partial charge in [-0.3, -0.25) is 4.90 Å². The Morgan fingerprint density at radius 1 is 0.786 bits per heavy atom. The molecule has 0 spiro atoms. The molecular formula is C27H27N. The zero-order valence-corrected chi connectivity index (χ0v) is 16.7. The van der Waals surface area contributed by atoms with Crippen LogP contribution in [0.4, 0.5) is 0 Å². The van der Waals surface area contributed by atoms with E-state index in [1.54, 1.807) is 0 Å². The molecule has 0 aliphatic heterocycles. The molecule has 0 fully saturated rings. The molecule has 0 bridgehead atoms. The number of hydrogen-bond donors (Lipinski definition) is 0. The Kier molecular flexibility index (Phi) is 7.24. The second-order valence-corrected chi connectivity index (χ2v) is 7.10. The zero-order chi connectivity index (χ0) is 19.6. The third kappa shape index (κ3) is 5.71. The van der Waals surface area contributed by atoms with Gasteiger partial charge in [0.25, 0.3) is 0 Å². The smallest absolute Gasteiger partial charge is 0.0610 e. The summed E-state index contributed by atoms with van der Waals surface area (Å²) in [5, 5.41) is 0. The lowest BCUT2D eigenvalue weighted by Crippen LogP contribution is -2.30. The molecule has 0 aliphatic rings. The summed E-state index contributed by atoms with van der Waals surface area (Å²) >= 11 is 0. The van der Waals surface area contributed by atoms with Crippen LogP contribution in [-0.4, -0.2) is 17.5 Å². The maximum absolute atomic E-state index is 3.36. The van der Waals surface area contributed by atoms with Crippen molar-refractivity contribution in [1.82, 2.24) is 4.90 Å². The third-order valence-corrected chi connectivity index (χ3v) is 4.73. The van der Waals surface area contributed by atoms with E-state index in [-0.39, 0.29) is 0 Å². The summed E-state index contributed by atoms with van der Waals surface area (Å²) in [4.78, 5) is 2.39. The van der Waals surface area contributed by atoms with E-state index in [9.17, 15) is 0 Å². The van der Waals surface area contributed by atoms with Crippen LogP contribution in [0, 0.1) is 11.8 Å². The van der Waals surface area contributed by atoms with Gasteiger partial charge in [0.15, 0.2) is 0 Å². The molecule has 0 amide bonds. The first-order valence-electron chi connectivity index (χ1n) is 9.81. The molecular weight excluding hydrogens is 338 g/mol. The zero-order valence-electron chi connectivity index (χ0n) is 16.7. The SMILES string of the molecule is CC(C)N(CC#CC=C(c1ccccc1)c1ccccc1)Cc1ccccc1. The van der Waals surface area contributed by atoms with E-state index in [0.29, 0.717) is 6.04 Å². The van der Waals surface area contributed by atoms with Crippen molar-refractivity contribution in [3.8, 4) is 11.8 Å². The molecule has 0 radical (unpaired) electrons. The minimum atomic E-state index is 0.446. The van der Waals surface area contributed by atoms with Gasteiger partial charge in [0.2, 0.25) is 0 Å². The molecule has 3 aromatic carbocycles. The van der Waals surface area contributed by atoms with Crippen LogP contribution in [0.2, 0.25) is 0 Å². The molecule has 140 valence electrons. The minimum Gasteiger partial charge on any atom is -0.286 e. The molecule has 0 saturated heterocycles. The first-order chi connectivity index (χ1) is 13.7. The van der Waals surface area contributed by atoms with Crippen molar-refractivity contribution in [2.45, 2.75) is 26.4 Å². The van der Waals surface area contributed by atoms with Gasteiger partial charge in [-0.25, -0.2) is 0 Å². The van der Waals surface area contributed by atoms with Gasteiger partial charge in [0.1, 0.15) is 0 Å². The van der Waals surface area contributed by atoms with Gasteiger partial charge in [-0.05, 0) is 42.2 Å². The summed E-state index contributed by atoms with van der Waals surface area (Å²) < 4.78 is 0. The Labute approximate surface area is 169 Å². The summed E-state index contributed by atoms with van der Waals surface area (Å²) in [6.07, 6.45) is 2.05. The quantitative estimate of drug-likeness (QED) is 0.482. The van der Waals surface area contributed by atoms with Crippen molar-refractivity contribution in [3.05, 3.63) is 114 Å². The lowest BCUT2D eigenvalue weighted by molar-refractivity contribution is 0.241. The largest absolute Gasteiger partial charge is 0.286 e. The summed E-state index contributed by atoms with van der Waals surface area (Å²) in [6, 6.07) is 31.9. The number of allylic oxidation sites excluding steroid dienone is 1. The molecule has 0 atom stereocenters. The van der Waals surface area contributed by atoms with Gasteiger partial charge >= 0.3 is 0 Å². The number of benzene rings is 3. The lowest BCUT2D eigenvalue weighted by Gasteiger charge is -2.24. The van der Waals surface area contributed by atoms with Crippen molar-refractivity contribution in [2.75, 3.05) is 6.54 Å². The van der Waals surface area contributed by atoms with Crippen LogP contribution < -0.4 is 0 Å². The van der Waals surface area contributed by atoms with Crippen LogP contribution in [0.1, 0.15) is 30.5 Å². The Balaban J connectivity index is 1.78. The molecule has 0 N–H and O–H groups in total. The third-order valence-electron chi connectivity index (χ3n) is 4.73. The van der Waals surface area contributed by atoms with E-state index in [4.69, 9.17) is 0 Å². The highest BCUT2D eigenvalue weighted by Gasteiger charge is 2.08. The molecule has 3 rings (SSSR count). The fourth-order valence-corrected chi connectivity index (χ4v) is 3.08. The van der Waals surface area contributed by atoms with Gasteiger partial charge in [0.05, 0.1) is 6.54 Å². The highest BCUT2D eigenvalue weighted by Crippen LogP contribution is 2.22. The second-order valence-electron chi connectivity index (χ2n) is 7.10. The van der Waals surface area contributed by atoms with Crippen LogP contribution in [0.15, 0.2) is 97.1 Å². The second kappa shape index (κ2) is 10.3. The van der Waals surface area contributed by atoms with Crippen molar-refractivity contribution in [2.24, 2.45) is 0 Å². The Morgan fingerprint density at radius 2 is 1.29 bits per heavy atom. The molecule has 0 heterocycles. The van der Waals surface area contributed by atoms with Crippen molar-refractivity contribution >= 4 is 5.57 Å². The molecule has 1 nitrogen and oxygen atoms in total. The number of hydrogen-bond acceptors (Lipinski definition) is 1.